The molecule has 2 heterocycles. The largest absolute Gasteiger partial charge is 0.444 e. The zero-order chi connectivity index (χ0) is 14.8. The molecule has 1 unspecified atom stereocenters. The molecule has 0 aromatic carbocycles. The average Bonchev–Trinajstić information content (AvgIpc) is 2.51. The highest BCUT2D eigenvalue weighted by Crippen LogP contribution is 2.24. The Bertz CT molecular complexity index is 392. The minimum Gasteiger partial charge on any atom is -0.444 e. The Kier molecular flexibility index (Phi) is 4.22. The number of carbonyl (C=O) groups is 2. The first-order chi connectivity index (χ1) is 9.32. The lowest BCUT2D eigenvalue weighted by atomic mass is 9.88. The number of piperidine rings is 1. The number of hydrogen-bond donors (Lipinski definition) is 2. The van der Waals surface area contributed by atoms with Crippen LogP contribution >= 0.6 is 0 Å². The van der Waals surface area contributed by atoms with Gasteiger partial charge in [0.2, 0.25) is 5.91 Å². The molecule has 0 bridgehead atoms. The maximum absolute atomic E-state index is 12.3. The predicted molar refractivity (Wildman–Crippen MR) is 75.4 cm³/mol. The second-order valence-corrected chi connectivity index (χ2v) is 6.62. The fraction of sp³-hybridized carbons (Fsp3) is 0.857. The van der Waals surface area contributed by atoms with Gasteiger partial charge in [0.25, 0.3) is 0 Å². The lowest BCUT2D eigenvalue weighted by molar-refractivity contribution is -0.129. The van der Waals surface area contributed by atoms with E-state index in [9.17, 15) is 9.59 Å². The zero-order valence-electron chi connectivity index (χ0n) is 12.6. The molecular formula is C14H25N3O3. The van der Waals surface area contributed by atoms with Crippen molar-refractivity contribution in [1.29, 1.82) is 0 Å². The van der Waals surface area contributed by atoms with Gasteiger partial charge >= 0.3 is 6.09 Å². The summed E-state index contributed by atoms with van der Waals surface area (Å²) in [5, 5.41) is 6.27. The summed E-state index contributed by atoms with van der Waals surface area (Å²) >= 11 is 0. The molecule has 2 saturated heterocycles. The maximum atomic E-state index is 12.3. The summed E-state index contributed by atoms with van der Waals surface area (Å²) < 4.78 is 5.41. The topological polar surface area (TPSA) is 70.7 Å². The van der Waals surface area contributed by atoms with E-state index in [0.717, 1.165) is 25.8 Å². The van der Waals surface area contributed by atoms with Gasteiger partial charge in [-0.1, -0.05) is 0 Å². The van der Waals surface area contributed by atoms with Crippen LogP contribution in [0.2, 0.25) is 0 Å². The van der Waals surface area contributed by atoms with Crippen LogP contribution in [0.25, 0.3) is 0 Å². The highest BCUT2D eigenvalue weighted by molar-refractivity contribution is 5.87. The third-order valence-electron chi connectivity index (χ3n) is 3.68. The number of rotatable bonds is 0. The highest BCUT2D eigenvalue weighted by Gasteiger charge is 2.44. The molecule has 6 heteroatoms. The van der Waals surface area contributed by atoms with Gasteiger partial charge in [-0.25, -0.2) is 4.79 Å². The molecule has 0 radical (unpaired) electrons. The Hall–Kier alpha value is -1.30. The van der Waals surface area contributed by atoms with Crippen LogP contribution in [0.15, 0.2) is 0 Å². The molecule has 1 atom stereocenters. The van der Waals surface area contributed by atoms with E-state index in [1.165, 1.54) is 0 Å². The van der Waals surface area contributed by atoms with Crippen LogP contribution < -0.4 is 10.6 Å². The van der Waals surface area contributed by atoms with Crippen molar-refractivity contribution in [3.05, 3.63) is 0 Å². The van der Waals surface area contributed by atoms with Crippen molar-refractivity contribution < 1.29 is 14.3 Å². The van der Waals surface area contributed by atoms with Crippen LogP contribution in [0.4, 0.5) is 4.79 Å². The Morgan fingerprint density at radius 1 is 1.30 bits per heavy atom. The van der Waals surface area contributed by atoms with Gasteiger partial charge in [0.1, 0.15) is 11.1 Å². The van der Waals surface area contributed by atoms with E-state index in [1.807, 2.05) is 20.8 Å². The van der Waals surface area contributed by atoms with Gasteiger partial charge in [-0.2, -0.15) is 0 Å². The van der Waals surface area contributed by atoms with E-state index >= 15 is 0 Å². The van der Waals surface area contributed by atoms with Crippen molar-refractivity contribution in [1.82, 2.24) is 15.5 Å². The number of nitrogens with one attached hydrogen (secondary N) is 2. The van der Waals surface area contributed by atoms with E-state index in [4.69, 9.17) is 4.74 Å². The smallest absolute Gasteiger partial charge is 0.410 e. The quantitative estimate of drug-likeness (QED) is 0.692. The van der Waals surface area contributed by atoms with Crippen LogP contribution in [0.1, 0.15) is 40.0 Å². The number of amides is 2. The van der Waals surface area contributed by atoms with E-state index < -0.39 is 11.1 Å². The lowest BCUT2D eigenvalue weighted by Crippen LogP contribution is -2.64. The molecule has 0 aromatic heterocycles. The Morgan fingerprint density at radius 2 is 2.05 bits per heavy atom. The van der Waals surface area contributed by atoms with Crippen molar-refractivity contribution in [2.45, 2.75) is 51.2 Å². The van der Waals surface area contributed by atoms with Crippen molar-refractivity contribution in [3.8, 4) is 0 Å². The SMILES string of the molecule is CC(C)(C)OC(=O)N1CCCC2(C1)NCCCNC2=O. The molecule has 2 amide bonds. The number of ether oxygens (including phenoxy) is 1. The van der Waals surface area contributed by atoms with Crippen molar-refractivity contribution in [2.75, 3.05) is 26.2 Å². The van der Waals surface area contributed by atoms with Gasteiger partial charge in [-0.05, 0) is 46.6 Å². The first-order valence-electron chi connectivity index (χ1n) is 7.34. The third kappa shape index (κ3) is 3.42. The van der Waals surface area contributed by atoms with Crippen molar-refractivity contribution >= 4 is 12.0 Å². The minimum atomic E-state index is -0.647. The zero-order valence-corrected chi connectivity index (χ0v) is 12.6. The highest BCUT2D eigenvalue weighted by atomic mass is 16.6. The second-order valence-electron chi connectivity index (χ2n) is 6.62. The molecule has 0 saturated carbocycles. The third-order valence-corrected chi connectivity index (χ3v) is 3.68. The van der Waals surface area contributed by atoms with Gasteiger partial charge in [-0.15, -0.1) is 0 Å². The van der Waals surface area contributed by atoms with E-state index in [2.05, 4.69) is 10.6 Å². The molecule has 0 aliphatic carbocycles. The number of carbonyl (C=O) groups excluding carboxylic acids is 2. The standard InChI is InChI=1S/C14H25N3O3/c1-13(2,3)20-12(19)17-9-4-6-14(10-17)11(18)15-7-5-8-16-14/h16H,4-10H2,1-3H3,(H,15,18). The Balaban J connectivity index is 2.07. The van der Waals surface area contributed by atoms with E-state index in [-0.39, 0.29) is 12.0 Å². The summed E-state index contributed by atoms with van der Waals surface area (Å²) in [6.45, 7) is 8.06. The molecule has 20 heavy (non-hydrogen) atoms. The normalized spacial score (nSPS) is 27.9. The van der Waals surface area contributed by atoms with Gasteiger partial charge in [0, 0.05) is 13.1 Å². The van der Waals surface area contributed by atoms with Gasteiger partial charge < -0.3 is 20.3 Å². The van der Waals surface area contributed by atoms with Crippen LogP contribution in [0.5, 0.6) is 0 Å². The molecule has 2 rings (SSSR count). The van der Waals surface area contributed by atoms with Crippen LogP contribution in [-0.4, -0.2) is 54.2 Å². The van der Waals surface area contributed by atoms with Crippen molar-refractivity contribution in [2.24, 2.45) is 0 Å². The molecule has 0 aromatic rings. The van der Waals surface area contributed by atoms with Gasteiger partial charge in [0.05, 0.1) is 6.54 Å². The minimum absolute atomic E-state index is 0.00302. The molecule has 1 spiro atoms. The van der Waals surface area contributed by atoms with E-state index in [1.54, 1.807) is 4.90 Å². The maximum Gasteiger partial charge on any atom is 0.410 e. The summed E-state index contributed by atoms with van der Waals surface area (Å²) in [7, 11) is 0. The number of hydrogen-bond acceptors (Lipinski definition) is 4. The lowest BCUT2D eigenvalue weighted by Gasteiger charge is -2.41. The summed E-state index contributed by atoms with van der Waals surface area (Å²) in [5.74, 6) is 0.00302. The van der Waals surface area contributed by atoms with Crippen LogP contribution in [0.3, 0.4) is 0 Å². The molecule has 6 nitrogen and oxygen atoms in total. The average molecular weight is 283 g/mol. The molecule has 2 aliphatic heterocycles. The summed E-state index contributed by atoms with van der Waals surface area (Å²) in [4.78, 5) is 26.1. The monoisotopic (exact) mass is 283 g/mol. The molecule has 2 N–H and O–H groups in total. The summed E-state index contributed by atoms with van der Waals surface area (Å²) in [6.07, 6.45) is 2.15. The molecular weight excluding hydrogens is 258 g/mol. The summed E-state index contributed by atoms with van der Waals surface area (Å²) in [5.41, 5.74) is -1.16. The van der Waals surface area contributed by atoms with Gasteiger partial charge in [0.15, 0.2) is 0 Å². The first-order valence-corrected chi connectivity index (χ1v) is 7.34. The molecule has 114 valence electrons. The molecule has 2 aliphatic rings. The van der Waals surface area contributed by atoms with Crippen LogP contribution in [0, 0.1) is 0 Å². The first kappa shape index (κ1) is 15.1. The fourth-order valence-corrected chi connectivity index (χ4v) is 2.74. The van der Waals surface area contributed by atoms with Gasteiger partial charge in [-0.3, -0.25) is 4.79 Å². The Morgan fingerprint density at radius 3 is 2.75 bits per heavy atom. The molecule has 2 fully saturated rings. The Labute approximate surface area is 120 Å². The van der Waals surface area contributed by atoms with Crippen LogP contribution in [-0.2, 0) is 9.53 Å². The predicted octanol–water partition coefficient (Wildman–Crippen LogP) is 0.866. The van der Waals surface area contributed by atoms with E-state index in [0.29, 0.717) is 19.6 Å². The number of likely N-dealkylation sites (tertiary alicyclic amines) is 1. The fourth-order valence-electron chi connectivity index (χ4n) is 2.74. The van der Waals surface area contributed by atoms with Crippen molar-refractivity contribution in [3.63, 3.8) is 0 Å². The number of nitrogens with zero attached hydrogens (tertiary/aromatic N) is 1. The second kappa shape index (κ2) is 5.60. The summed E-state index contributed by atoms with van der Waals surface area (Å²) in [6, 6.07) is 0.